The molecule has 14 nitrogen and oxygen atoms in total. The Morgan fingerprint density at radius 1 is 1.11 bits per heavy atom. The second kappa shape index (κ2) is 24.0. The molecule has 1 aromatic heterocycles. The predicted molar refractivity (Wildman–Crippen MR) is 163 cm³/mol. The van der Waals surface area contributed by atoms with Crippen LogP contribution in [0.2, 0.25) is 0 Å². The van der Waals surface area contributed by atoms with Gasteiger partial charge in [0.15, 0.2) is 0 Å². The van der Waals surface area contributed by atoms with Crippen LogP contribution in [-0.2, 0) is 37.1 Å². The molecule has 1 atom stereocenters. The average molecular weight is 879 g/mol. The van der Waals surface area contributed by atoms with Gasteiger partial charge in [-0.15, -0.1) is 11.3 Å². The number of ether oxygens (including phenoxy) is 1. The van der Waals surface area contributed by atoms with Crippen molar-refractivity contribution in [1.82, 2.24) is 20.9 Å². The molecule has 7 N–H and O–H groups in total. The number of primary amides is 1. The van der Waals surface area contributed by atoms with Crippen LogP contribution in [0.25, 0.3) is 0 Å². The van der Waals surface area contributed by atoms with Crippen LogP contribution in [0.1, 0.15) is 44.6 Å². The van der Waals surface area contributed by atoms with Crippen LogP contribution in [0, 0.1) is 5.92 Å². The predicted octanol–water partition coefficient (Wildman–Crippen LogP) is 2.41. The van der Waals surface area contributed by atoms with E-state index in [1.165, 1.54) is 6.41 Å². The Morgan fingerprint density at radius 3 is 2.20 bits per heavy atom. The number of carbonyl (C=O) groups excluding carboxylic acids is 5. The standard InChI is InChI=1S/C23H29N4O5S.C4H10N2O.CH2O2.Fm/c1-4-27(13-19-6-5-11-33-19)23(31)32-14-17-7-9-18(10-8-17)26-20(29)12-24-22(30)21(16(2)3)25-15-28;1-2-3-6-4(5)7;2-1-3;/h5-11,16,21H,4,12-14H2,1-3H3,(H,24,30)(H,25,28)(H,26,29);2-3H2,1H3,(H3,5,6,7);1H,(H,2,3);/q-1;;;. The Bertz CT molecular complexity index is 1120. The Hall–Kier alpha value is -5.66. The fourth-order valence-electron chi connectivity index (χ4n) is 3.15. The van der Waals surface area contributed by atoms with Gasteiger partial charge in [-0.05, 0) is 48.4 Å². The van der Waals surface area contributed by atoms with Crippen molar-refractivity contribution in [2.75, 3.05) is 25.0 Å². The summed E-state index contributed by atoms with van der Waals surface area (Å²) in [6.45, 7) is 8.77. The number of nitrogens with one attached hydrogen (secondary N) is 4. The number of rotatable bonds is 14. The molecule has 0 spiro atoms. The molecule has 0 bridgehead atoms. The molecule has 250 valence electrons. The number of nitrogens with zero attached hydrogens (tertiary/aromatic N) is 1. The topological polar surface area (TPSA) is 209 Å². The van der Waals surface area contributed by atoms with Crippen molar-refractivity contribution in [2.24, 2.45) is 11.7 Å². The van der Waals surface area contributed by atoms with Gasteiger partial charge in [-0.25, -0.2) is 9.59 Å². The Labute approximate surface area is 255 Å². The summed E-state index contributed by atoms with van der Waals surface area (Å²) in [5.74, 6) is -1.01. The van der Waals surface area contributed by atoms with Gasteiger partial charge in [-0.2, -0.15) is 6.41 Å². The number of carbonyl (C=O) groups is 5. The van der Waals surface area contributed by atoms with E-state index in [1.807, 2.05) is 31.4 Å². The third kappa shape index (κ3) is 17.9. The molecule has 2 aromatic rings. The molecule has 0 aliphatic rings. The van der Waals surface area contributed by atoms with E-state index in [2.05, 4.69) is 21.3 Å². The number of carboxylic acid groups (broad SMARTS) is 1. The molecule has 0 saturated heterocycles. The minimum Gasteiger partial charge on any atom is -0.520 e. The smallest absolute Gasteiger partial charge is 0.410 e. The minimum absolute atomic E-state index is 0. The molecule has 1 unspecified atom stereocenters. The first kappa shape index (κ1) is 40.5. The van der Waals surface area contributed by atoms with Crippen molar-refractivity contribution >= 4 is 53.8 Å². The molecule has 0 aliphatic carbocycles. The van der Waals surface area contributed by atoms with Crippen molar-refractivity contribution in [3.63, 3.8) is 0 Å². The number of anilines is 1. The van der Waals surface area contributed by atoms with E-state index in [-0.39, 0.29) is 31.6 Å². The van der Waals surface area contributed by atoms with Gasteiger partial charge in [0.05, 0.1) is 19.1 Å². The summed E-state index contributed by atoms with van der Waals surface area (Å²) in [7, 11) is 0. The third-order valence-electron chi connectivity index (χ3n) is 5.30. The Morgan fingerprint density at radius 2 is 1.75 bits per heavy atom. The summed E-state index contributed by atoms with van der Waals surface area (Å²) in [5.41, 5.74) is 6.04. The van der Waals surface area contributed by atoms with Crippen LogP contribution in [0.5, 0.6) is 0 Å². The van der Waals surface area contributed by atoms with Gasteiger partial charge in [0.2, 0.25) is 11.8 Å². The van der Waals surface area contributed by atoms with Crippen molar-refractivity contribution in [2.45, 2.75) is 53.3 Å². The molecule has 6 amide bonds. The summed E-state index contributed by atoms with van der Waals surface area (Å²) in [6, 6.07) is 9.58. The van der Waals surface area contributed by atoms with Crippen LogP contribution in [-0.4, -0.2) is 72.5 Å². The van der Waals surface area contributed by atoms with Crippen molar-refractivity contribution in [3.05, 3.63) is 52.2 Å². The summed E-state index contributed by atoms with van der Waals surface area (Å²) in [5, 5.41) is 18.8. The van der Waals surface area contributed by atoms with Gasteiger partial charge in [-0.1, -0.05) is 39.0 Å². The maximum atomic E-state index is 12.3. The van der Waals surface area contributed by atoms with Crippen molar-refractivity contribution in [1.29, 1.82) is 0 Å². The normalized spacial score (nSPS) is 10.1. The molecule has 2 rings (SSSR count). The summed E-state index contributed by atoms with van der Waals surface area (Å²) in [4.78, 5) is 68.0. The molecule has 1 aromatic carbocycles. The number of urea groups is 1. The van der Waals surface area contributed by atoms with Gasteiger partial charge in [-0.3, -0.25) is 14.4 Å². The number of thiophene rings is 1. The zero-order chi connectivity index (χ0) is 32.6. The quantitative estimate of drug-likeness (QED) is 0.0942. The van der Waals surface area contributed by atoms with Gasteiger partial charge < -0.3 is 46.5 Å². The van der Waals surface area contributed by atoms with Crippen LogP contribution < -0.4 is 27.0 Å². The number of nitrogens with two attached hydrogens (primary N) is 1. The molecule has 16 heteroatoms. The maximum absolute atomic E-state index is 12.3. The Kier molecular flexibility index (Phi) is 22.1. The van der Waals surface area contributed by atoms with Gasteiger partial charge >= 0.3 is 12.1 Å². The Balaban J connectivity index is 0. The fraction of sp³-hybridized carbons (Fsp3) is 0.429. The molecule has 0 saturated carbocycles. The first-order valence-corrected chi connectivity index (χ1v) is 14.2. The number of benzene rings is 1. The van der Waals surface area contributed by atoms with Crippen LogP contribution in [0.15, 0.2) is 41.8 Å². The molecule has 1 heterocycles. The monoisotopic (exact) mass is 878 g/mol. The molecule has 44 heavy (non-hydrogen) atoms. The van der Waals surface area contributed by atoms with Crippen LogP contribution in [0.4, 0.5) is 15.3 Å². The van der Waals surface area contributed by atoms with Crippen LogP contribution in [0.3, 0.4) is 0 Å². The van der Waals surface area contributed by atoms with E-state index < -0.39 is 23.9 Å². The molecular formula is C28H41FmN6O8S-. The zero-order valence-corrected chi connectivity index (χ0v) is 28.3. The van der Waals surface area contributed by atoms with E-state index in [1.54, 1.807) is 54.3 Å². The maximum Gasteiger partial charge on any atom is 0.410 e. The van der Waals surface area contributed by atoms with Gasteiger partial charge in [0.25, 0.3) is 6.47 Å². The summed E-state index contributed by atoms with van der Waals surface area (Å²) < 4.78 is 5.40. The second-order valence-corrected chi connectivity index (χ2v) is 10.0. The second-order valence-electron chi connectivity index (χ2n) is 8.98. The number of amides is 6. The fourth-order valence-corrected chi connectivity index (χ4v) is 3.87. The van der Waals surface area contributed by atoms with E-state index >= 15 is 0 Å². The van der Waals surface area contributed by atoms with Crippen LogP contribution >= 0.6 is 11.3 Å². The summed E-state index contributed by atoms with van der Waals surface area (Å²) >= 11 is 1.59. The number of hydrogen-bond acceptors (Lipinski definition) is 8. The van der Waals surface area contributed by atoms with Crippen molar-refractivity contribution in [3.8, 4) is 0 Å². The molecular weight excluding hydrogens is 837 g/mol. The first-order chi connectivity index (χ1) is 20.5. The minimum atomic E-state index is -0.758. The largest absolute Gasteiger partial charge is 0.520 e. The van der Waals surface area contributed by atoms with Gasteiger partial charge in [0, 0.05) is 23.7 Å². The van der Waals surface area contributed by atoms with E-state index in [0.717, 1.165) is 16.9 Å². The van der Waals surface area contributed by atoms with E-state index in [4.69, 9.17) is 20.4 Å². The molecule has 0 aliphatic heterocycles. The van der Waals surface area contributed by atoms with E-state index in [0.29, 0.717) is 25.3 Å². The van der Waals surface area contributed by atoms with Crippen molar-refractivity contribution < 1.29 is 38.6 Å². The van der Waals surface area contributed by atoms with E-state index in [9.17, 15) is 24.0 Å². The third-order valence-corrected chi connectivity index (χ3v) is 6.16. The zero-order valence-electron chi connectivity index (χ0n) is 25.0. The molecule has 0 radical (unpaired) electrons. The SMILES string of the molecule is CCCNC(N)=O.CCN(Cc1cccs1)C(=O)OCc1ccc(NC(=O)CNC(=O)C(N[C-]=O)C(C)C)cc1.O=CO.[Fm]. The van der Waals surface area contributed by atoms with Gasteiger partial charge in [0.1, 0.15) is 6.61 Å². The molecule has 0 fully saturated rings. The summed E-state index contributed by atoms with van der Waals surface area (Å²) in [6.07, 6.45) is 2.05. The average Bonchev–Trinajstić information content (AvgIpc) is 3.49. The number of hydrogen-bond donors (Lipinski definition) is 6. The first-order valence-electron chi connectivity index (χ1n) is 13.4.